The number of hydrazine groups is 1. The van der Waals surface area contributed by atoms with E-state index in [1.807, 2.05) is 12.1 Å². The minimum atomic E-state index is 0.400. The number of hydrogen-bond donors (Lipinski definition) is 2. The first kappa shape index (κ1) is 12.3. The van der Waals surface area contributed by atoms with Crippen LogP contribution in [-0.2, 0) is 6.42 Å². The first-order valence-electron chi connectivity index (χ1n) is 5.71. The molecule has 3 nitrogen and oxygen atoms in total. The Morgan fingerprint density at radius 2 is 2.13 bits per heavy atom. The lowest BCUT2D eigenvalue weighted by Gasteiger charge is -2.16. The van der Waals surface area contributed by atoms with Crippen molar-refractivity contribution in [3.05, 3.63) is 24.2 Å². The Hall–Kier alpha value is -0.800. The van der Waals surface area contributed by atoms with Gasteiger partial charge in [0.05, 0.1) is 6.26 Å². The minimum Gasteiger partial charge on any atom is -0.469 e. The maximum absolute atomic E-state index is 5.52. The summed E-state index contributed by atoms with van der Waals surface area (Å²) in [6.45, 7) is 4.47. The minimum absolute atomic E-state index is 0.400. The van der Waals surface area contributed by atoms with Crippen molar-refractivity contribution in [1.29, 1.82) is 0 Å². The van der Waals surface area contributed by atoms with Crippen LogP contribution in [0.4, 0.5) is 0 Å². The van der Waals surface area contributed by atoms with Crippen LogP contribution in [0, 0.1) is 5.92 Å². The largest absolute Gasteiger partial charge is 0.469 e. The molecule has 3 N–H and O–H groups in total. The smallest absolute Gasteiger partial charge is 0.103 e. The molecule has 1 unspecified atom stereocenters. The molecule has 0 radical (unpaired) electrons. The van der Waals surface area contributed by atoms with Gasteiger partial charge in [0, 0.05) is 12.5 Å². The van der Waals surface area contributed by atoms with Gasteiger partial charge < -0.3 is 4.42 Å². The van der Waals surface area contributed by atoms with Crippen molar-refractivity contribution in [2.45, 2.75) is 45.6 Å². The number of aryl methyl sites for hydroxylation is 1. The fourth-order valence-corrected chi connectivity index (χ4v) is 1.62. The average Bonchev–Trinajstić information content (AvgIpc) is 2.70. The second-order valence-corrected chi connectivity index (χ2v) is 4.45. The standard InChI is InChI=1S/C12H22N2O/c1-10(2)5-6-11(14-13)7-8-12-4-3-9-15-12/h3-4,9-11,14H,5-8,13H2,1-2H3. The van der Waals surface area contributed by atoms with E-state index in [9.17, 15) is 0 Å². The van der Waals surface area contributed by atoms with Crippen LogP contribution in [0.2, 0.25) is 0 Å². The highest BCUT2D eigenvalue weighted by Crippen LogP contribution is 2.12. The van der Waals surface area contributed by atoms with E-state index >= 15 is 0 Å². The summed E-state index contributed by atoms with van der Waals surface area (Å²) in [4.78, 5) is 0. The maximum Gasteiger partial charge on any atom is 0.103 e. The van der Waals surface area contributed by atoms with Crippen molar-refractivity contribution in [1.82, 2.24) is 5.43 Å². The zero-order valence-electron chi connectivity index (χ0n) is 9.70. The third-order valence-electron chi connectivity index (χ3n) is 2.65. The summed E-state index contributed by atoms with van der Waals surface area (Å²) >= 11 is 0. The average molecular weight is 210 g/mol. The lowest BCUT2D eigenvalue weighted by Crippen LogP contribution is -2.35. The third-order valence-corrected chi connectivity index (χ3v) is 2.65. The number of furan rings is 1. The molecule has 1 atom stereocenters. The van der Waals surface area contributed by atoms with Gasteiger partial charge in [-0.05, 0) is 37.3 Å². The zero-order chi connectivity index (χ0) is 11.1. The Bertz CT molecular complexity index is 244. The Balaban J connectivity index is 2.22. The topological polar surface area (TPSA) is 51.2 Å². The van der Waals surface area contributed by atoms with Crippen molar-refractivity contribution >= 4 is 0 Å². The molecule has 0 amide bonds. The lowest BCUT2D eigenvalue weighted by molar-refractivity contribution is 0.401. The van der Waals surface area contributed by atoms with E-state index in [1.54, 1.807) is 6.26 Å². The van der Waals surface area contributed by atoms with E-state index in [2.05, 4.69) is 19.3 Å². The van der Waals surface area contributed by atoms with Gasteiger partial charge in [0.1, 0.15) is 5.76 Å². The van der Waals surface area contributed by atoms with E-state index in [0.29, 0.717) is 6.04 Å². The Labute approximate surface area is 92.0 Å². The van der Waals surface area contributed by atoms with Crippen LogP contribution in [0.3, 0.4) is 0 Å². The first-order valence-corrected chi connectivity index (χ1v) is 5.71. The van der Waals surface area contributed by atoms with E-state index in [4.69, 9.17) is 10.3 Å². The summed E-state index contributed by atoms with van der Waals surface area (Å²) in [7, 11) is 0. The molecule has 0 aliphatic carbocycles. The summed E-state index contributed by atoms with van der Waals surface area (Å²) in [6.07, 6.45) is 6.06. The van der Waals surface area contributed by atoms with Crippen LogP contribution < -0.4 is 11.3 Å². The van der Waals surface area contributed by atoms with E-state index < -0.39 is 0 Å². The first-order chi connectivity index (χ1) is 7.22. The molecule has 86 valence electrons. The van der Waals surface area contributed by atoms with Crippen molar-refractivity contribution < 1.29 is 4.42 Å². The predicted octanol–water partition coefficient (Wildman–Crippen LogP) is 2.48. The van der Waals surface area contributed by atoms with Gasteiger partial charge in [0.15, 0.2) is 0 Å². The molecule has 1 aromatic heterocycles. The molecular weight excluding hydrogens is 188 g/mol. The molecule has 0 aliphatic rings. The van der Waals surface area contributed by atoms with Gasteiger partial charge in [-0.15, -0.1) is 0 Å². The van der Waals surface area contributed by atoms with Crippen LogP contribution in [0.1, 0.15) is 38.9 Å². The van der Waals surface area contributed by atoms with E-state index in [0.717, 1.165) is 30.9 Å². The van der Waals surface area contributed by atoms with E-state index in [1.165, 1.54) is 6.42 Å². The monoisotopic (exact) mass is 210 g/mol. The van der Waals surface area contributed by atoms with Gasteiger partial charge in [-0.3, -0.25) is 11.3 Å². The molecule has 0 fully saturated rings. The predicted molar refractivity (Wildman–Crippen MR) is 62.2 cm³/mol. The fraction of sp³-hybridized carbons (Fsp3) is 0.667. The summed E-state index contributed by atoms with van der Waals surface area (Å²) < 4.78 is 5.29. The van der Waals surface area contributed by atoms with Gasteiger partial charge in [-0.1, -0.05) is 13.8 Å². The number of rotatable bonds is 7. The van der Waals surface area contributed by atoms with Crippen LogP contribution in [0.25, 0.3) is 0 Å². The Kier molecular flexibility index (Phi) is 5.43. The Morgan fingerprint density at radius 3 is 2.67 bits per heavy atom. The van der Waals surface area contributed by atoms with Gasteiger partial charge in [-0.25, -0.2) is 0 Å². The molecule has 15 heavy (non-hydrogen) atoms. The molecule has 0 aromatic carbocycles. The fourth-order valence-electron chi connectivity index (χ4n) is 1.62. The van der Waals surface area contributed by atoms with Crippen molar-refractivity contribution in [3.8, 4) is 0 Å². The van der Waals surface area contributed by atoms with Crippen LogP contribution in [0.5, 0.6) is 0 Å². The van der Waals surface area contributed by atoms with E-state index in [-0.39, 0.29) is 0 Å². The lowest BCUT2D eigenvalue weighted by atomic mass is 10.00. The van der Waals surface area contributed by atoms with Crippen LogP contribution >= 0.6 is 0 Å². The van der Waals surface area contributed by atoms with Crippen LogP contribution in [-0.4, -0.2) is 6.04 Å². The molecule has 1 rings (SSSR count). The molecule has 1 heterocycles. The highest BCUT2D eigenvalue weighted by molar-refractivity contribution is 4.98. The number of nitrogens with one attached hydrogen (secondary N) is 1. The molecule has 0 aliphatic heterocycles. The highest BCUT2D eigenvalue weighted by atomic mass is 16.3. The normalized spacial score (nSPS) is 13.3. The molecule has 0 saturated carbocycles. The molecule has 0 spiro atoms. The van der Waals surface area contributed by atoms with Gasteiger partial charge in [-0.2, -0.15) is 0 Å². The molecule has 3 heteroatoms. The number of hydrogen-bond acceptors (Lipinski definition) is 3. The van der Waals surface area contributed by atoms with Gasteiger partial charge in [0.2, 0.25) is 0 Å². The molecular formula is C12H22N2O. The second-order valence-electron chi connectivity index (χ2n) is 4.45. The van der Waals surface area contributed by atoms with Crippen molar-refractivity contribution in [3.63, 3.8) is 0 Å². The summed E-state index contributed by atoms with van der Waals surface area (Å²) in [5.41, 5.74) is 2.88. The summed E-state index contributed by atoms with van der Waals surface area (Å²) in [6, 6.07) is 4.34. The zero-order valence-corrected chi connectivity index (χ0v) is 9.70. The number of nitrogens with two attached hydrogens (primary N) is 1. The molecule has 0 saturated heterocycles. The summed E-state index contributed by atoms with van der Waals surface area (Å²) in [5, 5.41) is 0. The molecule has 1 aromatic rings. The maximum atomic E-state index is 5.52. The third kappa shape index (κ3) is 5.00. The van der Waals surface area contributed by atoms with Gasteiger partial charge >= 0.3 is 0 Å². The SMILES string of the molecule is CC(C)CCC(CCc1ccco1)NN. The molecule has 0 bridgehead atoms. The highest BCUT2D eigenvalue weighted by Gasteiger charge is 2.08. The van der Waals surface area contributed by atoms with Crippen LogP contribution in [0.15, 0.2) is 22.8 Å². The van der Waals surface area contributed by atoms with Gasteiger partial charge in [0.25, 0.3) is 0 Å². The second kappa shape index (κ2) is 6.64. The Morgan fingerprint density at radius 1 is 1.33 bits per heavy atom. The quantitative estimate of drug-likeness (QED) is 0.537. The van der Waals surface area contributed by atoms with Crippen molar-refractivity contribution in [2.75, 3.05) is 0 Å². The summed E-state index contributed by atoms with van der Waals surface area (Å²) in [5.74, 6) is 7.30. The van der Waals surface area contributed by atoms with Crippen molar-refractivity contribution in [2.24, 2.45) is 11.8 Å².